The Morgan fingerprint density at radius 1 is 0.810 bits per heavy atom. The fraction of sp³-hybridized carbons (Fsp3) is 0.111. The third-order valence-corrected chi connectivity index (χ3v) is 3.79. The van der Waals surface area contributed by atoms with E-state index in [4.69, 9.17) is 0 Å². The monoisotopic (exact) mass is 273 g/mol. The molecule has 2 aromatic carbocycles. The van der Waals surface area contributed by atoms with Crippen LogP contribution in [0.15, 0.2) is 54.6 Å². The molecule has 4 rings (SSSR count). The summed E-state index contributed by atoms with van der Waals surface area (Å²) >= 11 is 0. The number of imidazole rings is 1. The van der Waals surface area contributed by atoms with Crippen molar-refractivity contribution in [2.24, 2.45) is 0 Å². The van der Waals surface area contributed by atoms with Crippen LogP contribution in [0.5, 0.6) is 0 Å². The molecule has 0 aliphatic carbocycles. The van der Waals surface area contributed by atoms with Gasteiger partial charge in [0.25, 0.3) is 0 Å². The van der Waals surface area contributed by atoms with E-state index in [1.165, 1.54) is 0 Å². The molecule has 0 spiro atoms. The second kappa shape index (κ2) is 4.42. The van der Waals surface area contributed by atoms with Crippen LogP contribution in [0, 0.1) is 13.8 Å². The SMILES string of the molecule is Cc1cc(-n2c(C)nc3ccccc32)c2ccccc2n1. The minimum absolute atomic E-state index is 0.993. The minimum atomic E-state index is 0.993. The van der Waals surface area contributed by atoms with Gasteiger partial charge in [0, 0.05) is 11.1 Å². The van der Waals surface area contributed by atoms with Gasteiger partial charge >= 0.3 is 0 Å². The van der Waals surface area contributed by atoms with E-state index in [0.717, 1.165) is 39.1 Å². The lowest BCUT2D eigenvalue weighted by atomic mass is 10.1. The first-order valence-electron chi connectivity index (χ1n) is 7.05. The lowest BCUT2D eigenvalue weighted by Crippen LogP contribution is -2.00. The van der Waals surface area contributed by atoms with Crippen molar-refractivity contribution < 1.29 is 0 Å². The number of fused-ring (bicyclic) bond motifs is 2. The number of rotatable bonds is 1. The average molecular weight is 273 g/mol. The number of hydrogen-bond donors (Lipinski definition) is 0. The van der Waals surface area contributed by atoms with Gasteiger partial charge in [0.1, 0.15) is 5.82 Å². The van der Waals surface area contributed by atoms with Crippen LogP contribution >= 0.6 is 0 Å². The van der Waals surface area contributed by atoms with Crippen molar-refractivity contribution >= 4 is 21.9 Å². The van der Waals surface area contributed by atoms with Gasteiger partial charge in [0.2, 0.25) is 0 Å². The van der Waals surface area contributed by atoms with Crippen molar-refractivity contribution in [2.45, 2.75) is 13.8 Å². The van der Waals surface area contributed by atoms with Crippen molar-refractivity contribution in [3.05, 3.63) is 66.1 Å². The van der Waals surface area contributed by atoms with Crippen molar-refractivity contribution in [3.8, 4) is 5.69 Å². The third-order valence-electron chi connectivity index (χ3n) is 3.79. The van der Waals surface area contributed by atoms with Crippen LogP contribution in [-0.4, -0.2) is 14.5 Å². The Morgan fingerprint density at radius 2 is 1.52 bits per heavy atom. The van der Waals surface area contributed by atoms with Crippen LogP contribution in [-0.2, 0) is 0 Å². The summed E-state index contributed by atoms with van der Waals surface area (Å²) in [7, 11) is 0. The second-order valence-corrected chi connectivity index (χ2v) is 5.28. The highest BCUT2D eigenvalue weighted by molar-refractivity contribution is 5.90. The molecule has 0 atom stereocenters. The molecule has 3 nitrogen and oxygen atoms in total. The quantitative estimate of drug-likeness (QED) is 0.520. The maximum atomic E-state index is 4.67. The first-order valence-corrected chi connectivity index (χ1v) is 7.05. The Bertz CT molecular complexity index is 967. The minimum Gasteiger partial charge on any atom is -0.296 e. The van der Waals surface area contributed by atoms with Crippen molar-refractivity contribution in [1.29, 1.82) is 0 Å². The van der Waals surface area contributed by atoms with Crippen LogP contribution in [0.2, 0.25) is 0 Å². The summed E-state index contributed by atoms with van der Waals surface area (Å²) in [5.74, 6) is 0.993. The van der Waals surface area contributed by atoms with Gasteiger partial charge in [-0.2, -0.15) is 0 Å². The van der Waals surface area contributed by atoms with Crippen molar-refractivity contribution in [2.75, 3.05) is 0 Å². The van der Waals surface area contributed by atoms with E-state index in [2.05, 4.69) is 57.0 Å². The molecule has 0 bridgehead atoms. The Morgan fingerprint density at radius 3 is 2.38 bits per heavy atom. The number of nitrogens with zero attached hydrogens (tertiary/aromatic N) is 3. The number of hydrogen-bond acceptors (Lipinski definition) is 2. The molecule has 2 aromatic heterocycles. The third kappa shape index (κ3) is 1.82. The fourth-order valence-electron chi connectivity index (χ4n) is 2.92. The van der Waals surface area contributed by atoms with E-state index in [-0.39, 0.29) is 0 Å². The van der Waals surface area contributed by atoms with Gasteiger partial charge < -0.3 is 0 Å². The summed E-state index contributed by atoms with van der Waals surface area (Å²) in [6.07, 6.45) is 0. The van der Waals surface area contributed by atoms with E-state index in [1.807, 2.05) is 26.0 Å². The van der Waals surface area contributed by atoms with Crippen LogP contribution < -0.4 is 0 Å². The molecule has 0 aliphatic heterocycles. The smallest absolute Gasteiger partial charge is 0.111 e. The van der Waals surface area contributed by atoms with Gasteiger partial charge in [-0.1, -0.05) is 30.3 Å². The summed E-state index contributed by atoms with van der Waals surface area (Å²) in [4.78, 5) is 9.29. The first-order chi connectivity index (χ1) is 10.2. The Kier molecular flexibility index (Phi) is 2.54. The van der Waals surface area contributed by atoms with Gasteiger partial charge in [-0.3, -0.25) is 9.55 Å². The van der Waals surface area contributed by atoms with E-state index in [0.29, 0.717) is 0 Å². The summed E-state index contributed by atoms with van der Waals surface area (Å²) in [6, 6.07) is 18.6. The molecule has 0 saturated carbocycles. The number of benzene rings is 2. The highest BCUT2D eigenvalue weighted by Crippen LogP contribution is 2.27. The highest BCUT2D eigenvalue weighted by Gasteiger charge is 2.12. The number of aromatic nitrogens is 3. The van der Waals surface area contributed by atoms with Gasteiger partial charge in [0.05, 0.1) is 22.2 Å². The summed E-state index contributed by atoms with van der Waals surface area (Å²) in [5, 5.41) is 1.15. The van der Waals surface area contributed by atoms with E-state index in [1.54, 1.807) is 0 Å². The van der Waals surface area contributed by atoms with Crippen LogP contribution in [0.4, 0.5) is 0 Å². The molecule has 2 heterocycles. The lowest BCUT2D eigenvalue weighted by Gasteiger charge is -2.11. The highest BCUT2D eigenvalue weighted by atomic mass is 15.1. The first kappa shape index (κ1) is 12.1. The Labute approximate surface area is 122 Å². The molecule has 102 valence electrons. The largest absolute Gasteiger partial charge is 0.296 e. The van der Waals surface area contributed by atoms with Crippen molar-refractivity contribution in [1.82, 2.24) is 14.5 Å². The summed E-state index contributed by atoms with van der Waals surface area (Å²) in [5.41, 5.74) is 5.33. The van der Waals surface area contributed by atoms with Crippen LogP contribution in [0.1, 0.15) is 11.5 Å². The molecule has 0 N–H and O–H groups in total. The fourth-order valence-corrected chi connectivity index (χ4v) is 2.92. The zero-order valence-electron chi connectivity index (χ0n) is 12.0. The molecule has 0 aliphatic rings. The zero-order valence-corrected chi connectivity index (χ0v) is 12.0. The number of aryl methyl sites for hydroxylation is 2. The predicted octanol–water partition coefficient (Wildman–Crippen LogP) is 4.19. The van der Waals surface area contributed by atoms with Gasteiger partial charge in [-0.15, -0.1) is 0 Å². The zero-order chi connectivity index (χ0) is 14.4. The number of para-hydroxylation sites is 3. The topological polar surface area (TPSA) is 30.7 Å². The predicted molar refractivity (Wildman–Crippen MR) is 85.8 cm³/mol. The van der Waals surface area contributed by atoms with E-state index in [9.17, 15) is 0 Å². The molecule has 0 unspecified atom stereocenters. The van der Waals surface area contributed by atoms with Gasteiger partial charge in [0.15, 0.2) is 0 Å². The molecule has 21 heavy (non-hydrogen) atoms. The van der Waals surface area contributed by atoms with Crippen LogP contribution in [0.25, 0.3) is 27.6 Å². The number of pyridine rings is 1. The van der Waals surface area contributed by atoms with Gasteiger partial charge in [-0.25, -0.2) is 4.98 Å². The van der Waals surface area contributed by atoms with E-state index >= 15 is 0 Å². The molecule has 4 aromatic rings. The Balaban J connectivity index is 2.16. The molecular formula is C18H15N3. The van der Waals surface area contributed by atoms with Crippen molar-refractivity contribution in [3.63, 3.8) is 0 Å². The lowest BCUT2D eigenvalue weighted by molar-refractivity contribution is 1.00. The standard InChI is InChI=1S/C18H15N3/c1-12-11-18(14-7-3-4-8-15(14)19-12)21-13(2)20-16-9-5-6-10-17(16)21/h3-11H,1-2H3. The molecule has 0 amide bonds. The van der Waals surface area contributed by atoms with E-state index < -0.39 is 0 Å². The molecule has 0 saturated heterocycles. The molecule has 0 radical (unpaired) electrons. The Hall–Kier alpha value is -2.68. The maximum Gasteiger partial charge on any atom is 0.111 e. The van der Waals surface area contributed by atoms with Crippen LogP contribution in [0.3, 0.4) is 0 Å². The maximum absolute atomic E-state index is 4.67. The normalized spacial score (nSPS) is 11.3. The summed E-state index contributed by atoms with van der Waals surface area (Å²) in [6.45, 7) is 4.08. The average Bonchev–Trinajstić information content (AvgIpc) is 2.82. The molecular weight excluding hydrogens is 258 g/mol. The van der Waals surface area contributed by atoms with Gasteiger partial charge in [-0.05, 0) is 38.1 Å². The molecule has 3 heteroatoms. The second-order valence-electron chi connectivity index (χ2n) is 5.28. The molecule has 0 fully saturated rings. The summed E-state index contributed by atoms with van der Waals surface area (Å²) < 4.78 is 2.21.